The van der Waals surface area contributed by atoms with Gasteiger partial charge >= 0.3 is 0 Å². The summed E-state index contributed by atoms with van der Waals surface area (Å²) in [6.07, 6.45) is 4.97. The van der Waals surface area contributed by atoms with Crippen molar-refractivity contribution >= 4 is 23.1 Å². The van der Waals surface area contributed by atoms with Gasteiger partial charge in [0, 0.05) is 11.9 Å². The van der Waals surface area contributed by atoms with Gasteiger partial charge in [0.2, 0.25) is 0 Å². The molecule has 2 heterocycles. The predicted molar refractivity (Wildman–Crippen MR) is 91.1 cm³/mol. The Morgan fingerprint density at radius 2 is 2.36 bits per heavy atom. The molecule has 6 heteroatoms. The first-order valence-corrected chi connectivity index (χ1v) is 9.39. The Labute approximate surface area is 139 Å². The summed E-state index contributed by atoms with van der Waals surface area (Å²) in [7, 11) is 1.98. The molecule has 0 aliphatic heterocycles. The molecular formula is C16H20N4S2. The fourth-order valence-corrected chi connectivity index (χ4v) is 4.80. The highest BCUT2D eigenvalue weighted by atomic mass is 32.2. The molecule has 0 N–H and O–H groups in total. The quantitative estimate of drug-likeness (QED) is 0.792. The van der Waals surface area contributed by atoms with Crippen molar-refractivity contribution in [1.82, 2.24) is 14.8 Å². The Bertz CT molecular complexity index is 710. The van der Waals surface area contributed by atoms with Crippen molar-refractivity contribution in [2.75, 3.05) is 0 Å². The maximum Gasteiger partial charge on any atom is 0.192 e. The average molecular weight is 332 g/mol. The minimum absolute atomic E-state index is 0.113. The number of nitriles is 1. The van der Waals surface area contributed by atoms with Gasteiger partial charge in [0.25, 0.3) is 0 Å². The van der Waals surface area contributed by atoms with Gasteiger partial charge < -0.3 is 4.57 Å². The molecule has 3 rings (SSSR count). The number of hydrogen-bond acceptors (Lipinski definition) is 5. The zero-order valence-corrected chi connectivity index (χ0v) is 14.8. The van der Waals surface area contributed by atoms with Crippen LogP contribution in [0.2, 0.25) is 0 Å². The molecule has 2 aromatic rings. The van der Waals surface area contributed by atoms with E-state index >= 15 is 0 Å². The zero-order valence-electron chi connectivity index (χ0n) is 13.2. The first kappa shape index (κ1) is 15.6. The molecule has 0 aromatic carbocycles. The van der Waals surface area contributed by atoms with Crippen molar-refractivity contribution in [1.29, 1.82) is 5.26 Å². The molecule has 1 aliphatic carbocycles. The smallest absolute Gasteiger partial charge is 0.192 e. The Hall–Kier alpha value is -1.32. The molecule has 116 valence electrons. The molecule has 0 fully saturated rings. The Kier molecular flexibility index (Phi) is 4.55. The molecule has 2 unspecified atom stereocenters. The number of aromatic nitrogens is 3. The van der Waals surface area contributed by atoms with E-state index < -0.39 is 0 Å². The van der Waals surface area contributed by atoms with E-state index in [1.807, 2.05) is 29.9 Å². The second kappa shape index (κ2) is 6.43. The maximum absolute atomic E-state index is 8.94. The third kappa shape index (κ3) is 2.92. The minimum atomic E-state index is -0.113. The minimum Gasteiger partial charge on any atom is -0.304 e. The van der Waals surface area contributed by atoms with Crippen LogP contribution in [-0.4, -0.2) is 20.0 Å². The van der Waals surface area contributed by atoms with Crippen molar-refractivity contribution in [3.05, 3.63) is 16.5 Å². The lowest BCUT2D eigenvalue weighted by Crippen LogP contribution is -2.10. The number of thioether (sulfide) groups is 1. The van der Waals surface area contributed by atoms with Crippen LogP contribution in [-0.2, 0) is 19.9 Å². The zero-order chi connectivity index (χ0) is 15.7. The van der Waals surface area contributed by atoms with Crippen LogP contribution in [0.15, 0.2) is 11.2 Å². The van der Waals surface area contributed by atoms with Gasteiger partial charge in [-0.1, -0.05) is 25.1 Å². The van der Waals surface area contributed by atoms with Crippen molar-refractivity contribution in [3.8, 4) is 16.8 Å². The van der Waals surface area contributed by atoms with E-state index in [0.29, 0.717) is 0 Å². The highest BCUT2D eigenvalue weighted by Gasteiger charge is 2.22. The highest BCUT2D eigenvalue weighted by molar-refractivity contribution is 8.00. The average Bonchev–Trinajstić information content (AvgIpc) is 3.10. The molecule has 0 radical (unpaired) electrons. The van der Waals surface area contributed by atoms with Gasteiger partial charge in [-0.05, 0) is 43.7 Å². The predicted octanol–water partition coefficient (Wildman–Crippen LogP) is 4.06. The van der Waals surface area contributed by atoms with Crippen molar-refractivity contribution in [2.45, 2.75) is 49.9 Å². The standard InChI is InChI=1S/C16H20N4S2/c1-4-11-5-6-13-12(7-11)8-14(22-13)15-18-19-16(20(15)3)21-10(2)9-17/h8,10-11H,4-7H2,1-3H3. The van der Waals surface area contributed by atoms with Gasteiger partial charge in [-0.3, -0.25) is 0 Å². The fourth-order valence-electron chi connectivity index (χ4n) is 2.87. The van der Waals surface area contributed by atoms with Crippen LogP contribution < -0.4 is 0 Å². The third-order valence-corrected chi connectivity index (χ3v) is 6.54. The number of thiophene rings is 1. The Morgan fingerprint density at radius 3 is 3.09 bits per heavy atom. The molecule has 0 bridgehead atoms. The van der Waals surface area contributed by atoms with Crippen LogP contribution in [0, 0.1) is 17.2 Å². The molecule has 2 atom stereocenters. The van der Waals surface area contributed by atoms with E-state index in [-0.39, 0.29) is 5.25 Å². The third-order valence-electron chi connectivity index (χ3n) is 4.28. The van der Waals surface area contributed by atoms with Gasteiger partial charge in [0.15, 0.2) is 11.0 Å². The molecular weight excluding hydrogens is 312 g/mol. The van der Waals surface area contributed by atoms with E-state index in [0.717, 1.165) is 16.9 Å². The number of nitrogens with zero attached hydrogens (tertiary/aromatic N) is 4. The van der Waals surface area contributed by atoms with Gasteiger partial charge in [-0.25, -0.2) is 0 Å². The molecule has 2 aromatic heterocycles. The van der Waals surface area contributed by atoms with Gasteiger partial charge in [-0.2, -0.15) is 5.26 Å². The lowest BCUT2D eigenvalue weighted by molar-refractivity contribution is 0.449. The summed E-state index contributed by atoms with van der Waals surface area (Å²) in [5.41, 5.74) is 1.50. The van der Waals surface area contributed by atoms with Crippen LogP contribution in [0.1, 0.15) is 37.1 Å². The maximum atomic E-state index is 8.94. The number of aryl methyl sites for hydroxylation is 1. The fraction of sp³-hybridized carbons (Fsp3) is 0.562. The number of rotatable bonds is 4. The summed E-state index contributed by atoms with van der Waals surface area (Å²) in [5.74, 6) is 1.75. The lowest BCUT2D eigenvalue weighted by atomic mass is 9.87. The van der Waals surface area contributed by atoms with Crippen molar-refractivity contribution < 1.29 is 0 Å². The second-order valence-electron chi connectivity index (χ2n) is 5.83. The van der Waals surface area contributed by atoms with Gasteiger partial charge in [-0.15, -0.1) is 21.5 Å². The SMILES string of the molecule is CCC1CCc2sc(-c3nnc(SC(C)C#N)n3C)cc2C1. The van der Waals surface area contributed by atoms with Crippen molar-refractivity contribution in [3.63, 3.8) is 0 Å². The van der Waals surface area contributed by atoms with Crippen LogP contribution in [0.25, 0.3) is 10.7 Å². The summed E-state index contributed by atoms with van der Waals surface area (Å²) in [6, 6.07) is 4.52. The van der Waals surface area contributed by atoms with E-state index in [2.05, 4.69) is 29.3 Å². The van der Waals surface area contributed by atoms with Crippen LogP contribution in [0.5, 0.6) is 0 Å². The molecule has 1 aliphatic rings. The number of hydrogen-bond donors (Lipinski definition) is 0. The van der Waals surface area contributed by atoms with E-state index in [9.17, 15) is 0 Å². The lowest BCUT2D eigenvalue weighted by Gasteiger charge is -2.19. The molecule has 0 saturated heterocycles. The summed E-state index contributed by atoms with van der Waals surface area (Å²) < 4.78 is 2.01. The summed E-state index contributed by atoms with van der Waals surface area (Å²) in [4.78, 5) is 2.72. The topological polar surface area (TPSA) is 54.5 Å². The Balaban J connectivity index is 1.87. The molecule has 0 amide bonds. The number of fused-ring (bicyclic) bond motifs is 1. The van der Waals surface area contributed by atoms with Crippen LogP contribution in [0.3, 0.4) is 0 Å². The van der Waals surface area contributed by atoms with Gasteiger partial charge in [0.1, 0.15) is 0 Å². The van der Waals surface area contributed by atoms with Crippen LogP contribution >= 0.6 is 23.1 Å². The largest absolute Gasteiger partial charge is 0.304 e. The molecule has 4 nitrogen and oxygen atoms in total. The monoisotopic (exact) mass is 332 g/mol. The molecule has 0 spiro atoms. The molecule has 22 heavy (non-hydrogen) atoms. The first-order valence-electron chi connectivity index (χ1n) is 7.70. The normalized spacial score (nSPS) is 18.7. The summed E-state index contributed by atoms with van der Waals surface area (Å²) >= 11 is 3.31. The van der Waals surface area contributed by atoms with Crippen molar-refractivity contribution in [2.24, 2.45) is 13.0 Å². The first-order chi connectivity index (χ1) is 10.6. The summed E-state index contributed by atoms with van der Waals surface area (Å²) in [5, 5.41) is 18.2. The highest BCUT2D eigenvalue weighted by Crippen LogP contribution is 2.38. The van der Waals surface area contributed by atoms with E-state index in [1.165, 1.54) is 52.8 Å². The van der Waals surface area contributed by atoms with Gasteiger partial charge in [0.05, 0.1) is 16.2 Å². The Morgan fingerprint density at radius 1 is 1.55 bits per heavy atom. The van der Waals surface area contributed by atoms with E-state index in [4.69, 9.17) is 5.26 Å². The second-order valence-corrected chi connectivity index (χ2v) is 8.28. The van der Waals surface area contributed by atoms with Crippen LogP contribution in [0.4, 0.5) is 0 Å². The summed E-state index contributed by atoms with van der Waals surface area (Å²) in [6.45, 7) is 4.17. The molecule has 0 saturated carbocycles. The van der Waals surface area contributed by atoms with E-state index in [1.54, 1.807) is 0 Å².